The van der Waals surface area contributed by atoms with E-state index >= 15 is 0 Å². The number of thiazole rings is 1. The molecule has 0 bridgehead atoms. The quantitative estimate of drug-likeness (QED) is 0.421. The van der Waals surface area contributed by atoms with Crippen molar-refractivity contribution in [3.05, 3.63) is 11.5 Å². The fourth-order valence-corrected chi connectivity index (χ4v) is 2.71. The van der Waals surface area contributed by atoms with Crippen LogP contribution in [0.4, 0.5) is 0 Å². The summed E-state index contributed by atoms with van der Waals surface area (Å²) in [6, 6.07) is 0. The van der Waals surface area contributed by atoms with E-state index in [4.69, 9.17) is 11.6 Å². The van der Waals surface area contributed by atoms with Gasteiger partial charge < -0.3 is 4.57 Å². The predicted octanol–water partition coefficient (Wildman–Crippen LogP) is 0.490. The van der Waals surface area contributed by atoms with Gasteiger partial charge in [0, 0.05) is 12.0 Å². The van der Waals surface area contributed by atoms with Gasteiger partial charge in [0.1, 0.15) is 21.4 Å². The zero-order chi connectivity index (χ0) is 10.6. The molecule has 0 radical (unpaired) electrons. The number of aromatic nitrogens is 4. The van der Waals surface area contributed by atoms with Crippen LogP contribution in [-0.4, -0.2) is 27.4 Å². The first-order chi connectivity index (χ1) is 7.16. The average molecular weight is 236 g/mol. The van der Waals surface area contributed by atoms with E-state index in [1.807, 2.05) is 19.5 Å². The smallest absolute Gasteiger partial charge is 0.177 e. The molecule has 4 nitrogen and oxygen atoms in total. The van der Waals surface area contributed by atoms with Crippen LogP contribution in [0.2, 0.25) is 5.15 Å². The van der Waals surface area contributed by atoms with Gasteiger partial charge in [0.15, 0.2) is 13.0 Å². The van der Waals surface area contributed by atoms with Gasteiger partial charge >= 0.3 is 0 Å². The average Bonchev–Trinajstić information content (AvgIpc) is 2.69. The third-order valence-electron chi connectivity index (χ3n) is 2.27. The monoisotopic (exact) mass is 236 g/mol. The molecule has 0 N–H and O–H groups in total. The van der Waals surface area contributed by atoms with Crippen LogP contribution in [0.5, 0.6) is 0 Å². The first-order valence-corrected chi connectivity index (χ1v) is 5.60. The van der Waals surface area contributed by atoms with Crippen LogP contribution in [-0.2, 0) is 7.05 Å². The van der Waals surface area contributed by atoms with Crippen molar-refractivity contribution < 1.29 is 0 Å². The number of halogens is 1. The molecule has 0 aromatic carbocycles. The number of pyridine rings is 1. The largest absolute Gasteiger partial charge is 0.332 e. The van der Waals surface area contributed by atoms with Crippen molar-refractivity contribution in [3.8, 4) is 0 Å². The van der Waals surface area contributed by atoms with Crippen molar-refractivity contribution >= 4 is 57.1 Å². The predicted molar refractivity (Wildman–Crippen MR) is 64.9 cm³/mol. The van der Waals surface area contributed by atoms with E-state index in [-0.39, 0.29) is 0 Å². The molecular formula is C8H6BClN4S. The zero-order valence-electron chi connectivity index (χ0n) is 8.15. The molecule has 0 aliphatic rings. The Hall–Kier alpha value is -1.14. The van der Waals surface area contributed by atoms with Crippen LogP contribution in [0.25, 0.3) is 21.4 Å². The molecule has 7 heteroatoms. The molecule has 0 aliphatic heterocycles. The Kier molecular flexibility index (Phi) is 1.78. The van der Waals surface area contributed by atoms with E-state index in [1.165, 1.54) is 0 Å². The van der Waals surface area contributed by atoms with Crippen molar-refractivity contribution in [1.29, 1.82) is 0 Å². The number of hydrogen-bond acceptors (Lipinski definition) is 4. The Morgan fingerprint density at radius 1 is 1.40 bits per heavy atom. The summed E-state index contributed by atoms with van der Waals surface area (Å²) in [5.41, 5.74) is 2.56. The fourth-order valence-electron chi connectivity index (χ4n) is 1.65. The van der Waals surface area contributed by atoms with Gasteiger partial charge in [0.05, 0.1) is 6.33 Å². The number of fused-ring (bicyclic) bond motifs is 3. The van der Waals surface area contributed by atoms with E-state index in [0.29, 0.717) is 5.15 Å². The van der Waals surface area contributed by atoms with Gasteiger partial charge in [-0.25, -0.2) is 15.0 Å². The van der Waals surface area contributed by atoms with Gasteiger partial charge in [-0.15, -0.1) is 11.3 Å². The topological polar surface area (TPSA) is 43.6 Å². The third-order valence-corrected chi connectivity index (χ3v) is 3.40. The highest BCUT2D eigenvalue weighted by Crippen LogP contribution is 2.27. The van der Waals surface area contributed by atoms with Crippen LogP contribution in [0, 0.1) is 0 Å². The second-order valence-corrected chi connectivity index (χ2v) is 4.88. The summed E-state index contributed by atoms with van der Waals surface area (Å²) >= 11 is 7.60. The molecule has 0 spiro atoms. The summed E-state index contributed by atoms with van der Waals surface area (Å²) in [7, 11) is 3.89. The Morgan fingerprint density at radius 3 is 3.00 bits per heavy atom. The molecule has 3 rings (SSSR count). The van der Waals surface area contributed by atoms with Gasteiger partial charge in [-0.05, 0) is 0 Å². The molecule has 3 heterocycles. The molecule has 0 amide bonds. The van der Waals surface area contributed by atoms with Crippen LogP contribution in [0.3, 0.4) is 0 Å². The number of imidazole rings is 1. The number of aryl methyl sites for hydroxylation is 1. The van der Waals surface area contributed by atoms with Gasteiger partial charge in [0.25, 0.3) is 0 Å². The van der Waals surface area contributed by atoms with Crippen LogP contribution in [0.15, 0.2) is 6.33 Å². The third kappa shape index (κ3) is 1.18. The maximum absolute atomic E-state index is 6.05. The molecule has 3 aromatic rings. The van der Waals surface area contributed by atoms with Gasteiger partial charge in [-0.1, -0.05) is 11.6 Å². The van der Waals surface area contributed by atoms with Gasteiger partial charge in [0.2, 0.25) is 0 Å². The molecule has 0 saturated heterocycles. The highest BCUT2D eigenvalue weighted by molar-refractivity contribution is 7.25. The molecular weight excluding hydrogens is 230 g/mol. The van der Waals surface area contributed by atoms with Crippen LogP contribution >= 0.6 is 22.9 Å². The molecule has 0 atom stereocenters. The van der Waals surface area contributed by atoms with Crippen molar-refractivity contribution in [2.24, 2.45) is 7.05 Å². The standard InChI is InChI=1S/C8H6BClN4S/c1-14-2-11-3-5(14)4-7(13-6(3)10)15-8(9)12-4/h2H,9H2,1H3. The molecule has 3 aromatic heterocycles. The van der Waals surface area contributed by atoms with Crippen molar-refractivity contribution in [2.45, 2.75) is 0 Å². The molecule has 0 saturated carbocycles. The van der Waals surface area contributed by atoms with Crippen molar-refractivity contribution in [2.75, 3.05) is 0 Å². The minimum atomic E-state index is 0.446. The Balaban J connectivity index is 2.66. The summed E-state index contributed by atoms with van der Waals surface area (Å²) in [5.74, 6) is 0. The molecule has 0 aliphatic carbocycles. The summed E-state index contributed by atoms with van der Waals surface area (Å²) in [5, 5.41) is 0.446. The summed E-state index contributed by atoms with van der Waals surface area (Å²) < 4.78 is 1.92. The summed E-state index contributed by atoms with van der Waals surface area (Å²) in [4.78, 5) is 14.8. The highest BCUT2D eigenvalue weighted by atomic mass is 35.5. The highest BCUT2D eigenvalue weighted by Gasteiger charge is 2.14. The van der Waals surface area contributed by atoms with E-state index < -0.39 is 0 Å². The lowest BCUT2D eigenvalue weighted by Gasteiger charge is -1.96. The van der Waals surface area contributed by atoms with E-state index in [1.54, 1.807) is 17.7 Å². The van der Waals surface area contributed by atoms with Crippen molar-refractivity contribution in [3.63, 3.8) is 0 Å². The number of rotatable bonds is 0. The van der Waals surface area contributed by atoms with Crippen LogP contribution in [0.1, 0.15) is 0 Å². The normalized spacial score (nSPS) is 11.6. The van der Waals surface area contributed by atoms with Gasteiger partial charge in [-0.2, -0.15) is 0 Å². The zero-order valence-corrected chi connectivity index (χ0v) is 9.72. The first kappa shape index (κ1) is 9.12. The number of nitrogens with zero attached hydrogens (tertiary/aromatic N) is 4. The lowest BCUT2D eigenvalue weighted by Crippen LogP contribution is -1.97. The van der Waals surface area contributed by atoms with Crippen molar-refractivity contribution in [1.82, 2.24) is 19.5 Å². The summed E-state index contributed by atoms with van der Waals surface area (Å²) in [6.45, 7) is 0. The van der Waals surface area contributed by atoms with Gasteiger partial charge in [-0.3, -0.25) is 0 Å². The Bertz CT molecular complexity index is 674. The van der Waals surface area contributed by atoms with E-state index in [0.717, 1.165) is 26.3 Å². The first-order valence-electron chi connectivity index (χ1n) is 4.40. The van der Waals surface area contributed by atoms with Crippen LogP contribution < -0.4 is 4.91 Å². The fraction of sp³-hybridized carbons (Fsp3) is 0.125. The Labute approximate surface area is 95.3 Å². The van der Waals surface area contributed by atoms with E-state index in [9.17, 15) is 0 Å². The maximum atomic E-state index is 6.05. The second kappa shape index (κ2) is 2.93. The minimum absolute atomic E-state index is 0.446. The Morgan fingerprint density at radius 2 is 2.20 bits per heavy atom. The van der Waals surface area contributed by atoms with E-state index in [2.05, 4.69) is 15.0 Å². The molecule has 0 unspecified atom stereocenters. The lowest BCUT2D eigenvalue weighted by atomic mass is 10.2. The molecule has 74 valence electrons. The second-order valence-electron chi connectivity index (χ2n) is 3.34. The minimum Gasteiger partial charge on any atom is -0.332 e. The SMILES string of the molecule is Bc1nc2c(nc(Cl)c3ncn(C)c32)s1. The molecule has 15 heavy (non-hydrogen) atoms. The summed E-state index contributed by atoms with van der Waals surface area (Å²) in [6.07, 6.45) is 1.73. The number of hydrogen-bond donors (Lipinski definition) is 0. The molecule has 0 fully saturated rings. The lowest BCUT2D eigenvalue weighted by molar-refractivity contribution is 0.950. The maximum Gasteiger partial charge on any atom is 0.177 e.